The van der Waals surface area contributed by atoms with Crippen LogP contribution >= 0.6 is 0 Å². The van der Waals surface area contributed by atoms with Gasteiger partial charge >= 0.3 is 6.36 Å². The molecule has 60 heavy (non-hydrogen) atoms. The summed E-state index contributed by atoms with van der Waals surface area (Å²) in [7, 11) is 0. The number of piperazine rings is 1. The highest BCUT2D eigenvalue weighted by molar-refractivity contribution is 6.05. The van der Waals surface area contributed by atoms with Crippen molar-refractivity contribution >= 4 is 45.9 Å². The number of nitrogens with two attached hydrogens (primary N) is 1. The second-order valence-corrected chi connectivity index (χ2v) is 16.2. The van der Waals surface area contributed by atoms with Crippen LogP contribution in [0.2, 0.25) is 0 Å². The van der Waals surface area contributed by atoms with Gasteiger partial charge in [0.25, 0.3) is 11.8 Å². The Hall–Kier alpha value is -5.77. The Morgan fingerprint density at radius 1 is 0.883 bits per heavy atom. The third kappa shape index (κ3) is 9.03. The lowest BCUT2D eigenvalue weighted by molar-refractivity contribution is -0.274. The monoisotopic (exact) mass is 826 g/mol. The van der Waals surface area contributed by atoms with Crippen molar-refractivity contribution in [3.05, 3.63) is 88.9 Å². The molecule has 3 fully saturated rings. The predicted molar refractivity (Wildman–Crippen MR) is 218 cm³/mol. The van der Waals surface area contributed by atoms with Gasteiger partial charge in [0, 0.05) is 86.5 Å². The number of unbranched alkanes of at least 4 members (excludes halogenated alkanes) is 3. The molecule has 1 aromatic heterocycles. The molecule has 4 aliphatic heterocycles. The summed E-state index contributed by atoms with van der Waals surface area (Å²) >= 11 is 0. The number of anilines is 2. The van der Waals surface area contributed by atoms with Crippen molar-refractivity contribution in [1.82, 2.24) is 30.0 Å². The number of benzene rings is 3. The Morgan fingerprint density at radius 2 is 1.67 bits per heavy atom. The van der Waals surface area contributed by atoms with Crippen LogP contribution in [0, 0.1) is 0 Å². The quantitative estimate of drug-likeness (QED) is 0.102. The van der Waals surface area contributed by atoms with E-state index in [9.17, 15) is 32.3 Å². The van der Waals surface area contributed by atoms with Crippen LogP contribution in [0.3, 0.4) is 0 Å². The molecule has 5 heterocycles. The van der Waals surface area contributed by atoms with E-state index in [1.165, 1.54) is 11.6 Å². The molecule has 1 atom stereocenters. The van der Waals surface area contributed by atoms with Gasteiger partial charge in [0.2, 0.25) is 11.8 Å². The number of carbonyl (C=O) groups excluding carboxylic acids is 4. The van der Waals surface area contributed by atoms with Crippen molar-refractivity contribution in [2.24, 2.45) is 0 Å². The Kier molecular flexibility index (Phi) is 11.9. The molecule has 3 N–H and O–H groups in total. The Balaban J connectivity index is 0.767. The number of piperidine rings is 2. The lowest BCUT2D eigenvalue weighted by Gasteiger charge is -2.36. The highest BCUT2D eigenvalue weighted by Gasteiger charge is 2.40. The number of likely N-dealkylation sites (tertiary alicyclic amines) is 1. The van der Waals surface area contributed by atoms with Crippen LogP contribution in [0.15, 0.2) is 60.9 Å². The summed E-state index contributed by atoms with van der Waals surface area (Å²) in [4.78, 5) is 68.0. The van der Waals surface area contributed by atoms with Crippen molar-refractivity contribution in [3.8, 4) is 5.75 Å². The molecular formula is C44H49F3N8O5. The number of imide groups is 1. The number of halogens is 3. The van der Waals surface area contributed by atoms with E-state index in [4.69, 9.17) is 5.73 Å². The number of fused-ring (bicyclic) bond motifs is 2. The fourth-order valence-corrected chi connectivity index (χ4v) is 9.17. The smallest absolute Gasteiger partial charge is 0.406 e. The number of amides is 4. The van der Waals surface area contributed by atoms with Gasteiger partial charge in [0.1, 0.15) is 18.1 Å². The molecule has 316 valence electrons. The number of aryl methyl sites for hydroxylation is 1. The molecule has 3 saturated heterocycles. The van der Waals surface area contributed by atoms with Crippen molar-refractivity contribution in [2.45, 2.75) is 82.7 Å². The highest BCUT2D eigenvalue weighted by Crippen LogP contribution is 2.35. The molecule has 3 aromatic carbocycles. The van der Waals surface area contributed by atoms with Gasteiger partial charge in [-0.3, -0.25) is 29.4 Å². The SMILES string of the molecule is Nc1cc(OC(F)(F)F)ccc1C(=O)N1CCC(c2ncnc3cc(N4CCN(CCCCCCc5cccc6c5CN(C5CCC(=O)NC5=O)C6=O)CC4)ccc23)CC1. The van der Waals surface area contributed by atoms with Crippen molar-refractivity contribution in [2.75, 3.05) is 56.4 Å². The lowest BCUT2D eigenvalue weighted by atomic mass is 9.90. The maximum atomic E-state index is 13.2. The van der Waals surface area contributed by atoms with Gasteiger partial charge in [-0.25, -0.2) is 9.97 Å². The minimum absolute atomic E-state index is 0.0666. The third-order valence-electron chi connectivity index (χ3n) is 12.4. The number of alkyl halides is 3. The average molecular weight is 827 g/mol. The topological polar surface area (TPSA) is 154 Å². The lowest BCUT2D eigenvalue weighted by Crippen LogP contribution is -2.52. The first kappa shape index (κ1) is 41.0. The predicted octanol–water partition coefficient (Wildman–Crippen LogP) is 5.82. The molecule has 0 bridgehead atoms. The number of nitrogens with zero attached hydrogens (tertiary/aromatic N) is 6. The molecule has 0 saturated carbocycles. The maximum Gasteiger partial charge on any atom is 0.573 e. The molecular weight excluding hydrogens is 778 g/mol. The van der Waals surface area contributed by atoms with Crippen molar-refractivity contribution in [1.29, 1.82) is 0 Å². The molecule has 13 nitrogen and oxygen atoms in total. The summed E-state index contributed by atoms with van der Waals surface area (Å²) in [6, 6.07) is 15.0. The molecule has 0 spiro atoms. The largest absolute Gasteiger partial charge is 0.573 e. The average Bonchev–Trinajstić information content (AvgIpc) is 3.57. The summed E-state index contributed by atoms with van der Waals surface area (Å²) in [6.07, 6.45) is 4.00. The fraction of sp³-hybridized carbons (Fsp3) is 0.455. The molecule has 8 rings (SSSR count). The van der Waals surface area contributed by atoms with Crippen LogP contribution in [-0.2, 0) is 22.6 Å². The minimum atomic E-state index is -4.85. The van der Waals surface area contributed by atoms with E-state index in [-0.39, 0.29) is 47.2 Å². The minimum Gasteiger partial charge on any atom is -0.406 e. The van der Waals surface area contributed by atoms with E-state index in [2.05, 4.69) is 54.1 Å². The summed E-state index contributed by atoms with van der Waals surface area (Å²) in [6.45, 7) is 6.20. The number of ether oxygens (including phenoxy) is 1. The van der Waals surface area contributed by atoms with E-state index in [0.717, 1.165) is 105 Å². The zero-order valence-electron chi connectivity index (χ0n) is 33.4. The van der Waals surface area contributed by atoms with E-state index < -0.39 is 18.2 Å². The number of rotatable bonds is 12. The number of nitrogens with one attached hydrogen (secondary N) is 1. The van der Waals surface area contributed by atoms with Gasteiger partial charge in [-0.1, -0.05) is 25.0 Å². The molecule has 4 amide bonds. The van der Waals surface area contributed by atoms with Gasteiger partial charge in [-0.2, -0.15) is 0 Å². The molecule has 0 aliphatic carbocycles. The third-order valence-corrected chi connectivity index (χ3v) is 12.4. The maximum absolute atomic E-state index is 13.2. The number of aromatic nitrogens is 2. The zero-order valence-corrected chi connectivity index (χ0v) is 33.4. The Morgan fingerprint density at radius 3 is 2.42 bits per heavy atom. The van der Waals surface area contributed by atoms with Gasteiger partial charge in [0.05, 0.1) is 16.8 Å². The molecule has 4 aromatic rings. The normalized spacial score (nSPS) is 19.2. The van der Waals surface area contributed by atoms with Gasteiger partial charge in [0.15, 0.2) is 0 Å². The van der Waals surface area contributed by atoms with Crippen LogP contribution in [0.4, 0.5) is 24.5 Å². The van der Waals surface area contributed by atoms with Crippen LogP contribution in [0.25, 0.3) is 10.9 Å². The van der Waals surface area contributed by atoms with E-state index in [1.807, 2.05) is 12.1 Å². The molecule has 4 aliphatic rings. The summed E-state index contributed by atoms with van der Waals surface area (Å²) < 4.78 is 41.8. The first-order valence-corrected chi connectivity index (χ1v) is 20.8. The van der Waals surface area contributed by atoms with E-state index >= 15 is 0 Å². The second-order valence-electron chi connectivity index (χ2n) is 16.2. The summed E-state index contributed by atoms with van der Waals surface area (Å²) in [5.41, 5.74) is 11.8. The number of hydrogen-bond donors (Lipinski definition) is 2. The standard InChI is InChI=1S/C44H49F3N8O5/c45-44(46,47)60-31-10-12-33(36(48)25-31)42(58)54-18-15-29(16-19-54)40-34-11-9-30(24-37(34)49-27-50-40)53-22-20-52(21-23-53)17-4-2-1-3-6-28-7-5-8-32-35(28)26-55(43(32)59)38-13-14-39(56)51-41(38)57/h5,7-12,24-25,27,29,38H,1-4,6,13-23,26,48H2,(H,51,56,57). The number of hydrogen-bond acceptors (Lipinski definition) is 10. The number of carbonyl (C=O) groups is 4. The molecule has 0 radical (unpaired) electrons. The van der Waals surface area contributed by atoms with Crippen LogP contribution < -0.4 is 20.7 Å². The molecule has 1 unspecified atom stereocenters. The van der Waals surface area contributed by atoms with E-state index in [0.29, 0.717) is 44.5 Å². The first-order valence-electron chi connectivity index (χ1n) is 20.8. The van der Waals surface area contributed by atoms with Crippen LogP contribution in [0.5, 0.6) is 5.75 Å². The number of nitrogen functional groups attached to an aromatic ring is 1. The van der Waals surface area contributed by atoms with Gasteiger partial charge < -0.3 is 25.2 Å². The molecule has 16 heteroatoms. The summed E-state index contributed by atoms with van der Waals surface area (Å²) in [5, 5.41) is 3.37. The first-order chi connectivity index (χ1) is 28.9. The van der Waals surface area contributed by atoms with E-state index in [1.54, 1.807) is 16.1 Å². The second kappa shape index (κ2) is 17.4. The summed E-state index contributed by atoms with van der Waals surface area (Å²) in [5.74, 6) is -1.47. The van der Waals surface area contributed by atoms with Crippen LogP contribution in [-0.4, -0.2) is 107 Å². The zero-order chi connectivity index (χ0) is 42.0. The van der Waals surface area contributed by atoms with Gasteiger partial charge in [-0.15, -0.1) is 13.2 Å². The van der Waals surface area contributed by atoms with Crippen molar-refractivity contribution in [3.63, 3.8) is 0 Å². The fourth-order valence-electron chi connectivity index (χ4n) is 9.17. The Labute approximate surface area is 346 Å². The van der Waals surface area contributed by atoms with Gasteiger partial charge in [-0.05, 0) is 92.6 Å². The van der Waals surface area contributed by atoms with Crippen LogP contribution in [0.1, 0.15) is 94.8 Å². The van der Waals surface area contributed by atoms with Crippen molar-refractivity contribution < 1.29 is 37.1 Å². The Bertz CT molecular complexity index is 2270. The highest BCUT2D eigenvalue weighted by atomic mass is 19.4.